The third-order valence-corrected chi connectivity index (χ3v) is 15.6. The standard InChI is InChI=1S/C32H39Si2.3CH3.Ti/c1-23-14-13-17-29(18-23)34(28-15-11-10-12-16-28,32(6)22-25(3)26(4)27(32)5)31-20-24(2)19-30(21-31)33(7,8)9;;;;/h10-21H,1-9H3;3*1H3;/q4*-1;+4. The minimum atomic E-state index is -2.60. The topological polar surface area (TPSA) is 0 Å². The van der Waals surface area contributed by atoms with Crippen LogP contribution in [0.1, 0.15) is 38.8 Å². The van der Waals surface area contributed by atoms with E-state index in [-0.39, 0.29) is 49.0 Å². The molecule has 0 fully saturated rings. The summed E-state index contributed by atoms with van der Waals surface area (Å²) in [6.07, 6.45) is 4.08. The van der Waals surface area contributed by atoms with Crippen LogP contribution in [0.2, 0.25) is 24.7 Å². The van der Waals surface area contributed by atoms with Gasteiger partial charge in [-0.15, -0.1) is 6.92 Å². The predicted molar refractivity (Wildman–Crippen MR) is 175 cm³/mol. The van der Waals surface area contributed by atoms with Gasteiger partial charge in [-0.2, -0.15) is 11.1 Å². The van der Waals surface area contributed by atoms with E-state index in [1.165, 1.54) is 43.4 Å². The van der Waals surface area contributed by atoms with Crippen molar-refractivity contribution in [1.82, 2.24) is 0 Å². The molecule has 0 radical (unpaired) electrons. The summed E-state index contributed by atoms with van der Waals surface area (Å²) in [4.78, 5) is 0. The van der Waals surface area contributed by atoms with Crippen molar-refractivity contribution in [1.29, 1.82) is 0 Å². The van der Waals surface area contributed by atoms with Gasteiger partial charge in [0, 0.05) is 0 Å². The molecule has 3 aromatic carbocycles. The van der Waals surface area contributed by atoms with Gasteiger partial charge < -0.3 is 22.3 Å². The number of benzene rings is 3. The van der Waals surface area contributed by atoms with E-state index in [1.54, 1.807) is 5.19 Å². The van der Waals surface area contributed by atoms with Crippen molar-refractivity contribution >= 4 is 36.9 Å². The molecule has 1 aliphatic rings. The summed E-state index contributed by atoms with van der Waals surface area (Å²) in [7, 11) is -4.11. The number of hydrogen-bond donors (Lipinski definition) is 0. The van der Waals surface area contributed by atoms with Gasteiger partial charge in [-0.1, -0.05) is 135 Å². The second kappa shape index (κ2) is 13.1. The van der Waals surface area contributed by atoms with Gasteiger partial charge in [0.1, 0.15) is 8.07 Å². The van der Waals surface area contributed by atoms with E-state index >= 15 is 0 Å². The number of aryl methyl sites for hydroxylation is 2. The summed E-state index contributed by atoms with van der Waals surface area (Å²) in [5, 5.41) is 5.82. The van der Waals surface area contributed by atoms with Crippen molar-refractivity contribution in [2.75, 3.05) is 0 Å². The van der Waals surface area contributed by atoms with Gasteiger partial charge in [0.2, 0.25) is 0 Å². The Balaban J connectivity index is 0.00000342. The summed E-state index contributed by atoms with van der Waals surface area (Å²) >= 11 is 0. The zero-order chi connectivity index (χ0) is 24.9. The van der Waals surface area contributed by atoms with Crippen LogP contribution >= 0.6 is 0 Å². The first-order valence-electron chi connectivity index (χ1n) is 12.5. The quantitative estimate of drug-likeness (QED) is 0.168. The molecule has 2 unspecified atom stereocenters. The van der Waals surface area contributed by atoms with E-state index in [1.807, 2.05) is 0 Å². The second-order valence-electron chi connectivity index (χ2n) is 11.4. The van der Waals surface area contributed by atoms with Gasteiger partial charge in [-0.05, 0) is 29.4 Å². The van der Waals surface area contributed by atoms with Crippen LogP contribution in [0.15, 0.2) is 89.5 Å². The van der Waals surface area contributed by atoms with E-state index in [0.29, 0.717) is 0 Å². The first kappa shape index (κ1) is 36.3. The average Bonchev–Trinajstić information content (AvgIpc) is 2.97. The largest absolute Gasteiger partial charge is 4.00 e. The van der Waals surface area contributed by atoms with Crippen LogP contribution in [0.3, 0.4) is 0 Å². The Kier molecular flexibility index (Phi) is 12.5. The van der Waals surface area contributed by atoms with E-state index in [0.717, 1.165) is 0 Å². The van der Waals surface area contributed by atoms with Crippen LogP contribution < -0.4 is 20.7 Å². The van der Waals surface area contributed by atoms with Crippen molar-refractivity contribution in [3.05, 3.63) is 129 Å². The summed E-state index contributed by atoms with van der Waals surface area (Å²) < 4.78 is 0. The molecule has 1 aliphatic carbocycles. The molecule has 0 N–H and O–H groups in total. The Morgan fingerprint density at radius 3 is 1.63 bits per heavy atom. The fourth-order valence-electron chi connectivity index (χ4n) is 5.96. The van der Waals surface area contributed by atoms with Crippen LogP contribution in [0.25, 0.3) is 0 Å². The first-order chi connectivity index (χ1) is 15.9. The van der Waals surface area contributed by atoms with E-state index < -0.39 is 16.1 Å². The van der Waals surface area contributed by atoms with E-state index in [9.17, 15) is 0 Å². The summed E-state index contributed by atoms with van der Waals surface area (Å²) in [6, 6.07) is 28.2. The first-order valence-corrected chi connectivity index (χ1v) is 18.0. The molecule has 0 saturated heterocycles. The van der Waals surface area contributed by atoms with Crippen LogP contribution in [-0.2, 0) is 21.7 Å². The molecule has 200 valence electrons. The van der Waals surface area contributed by atoms with Crippen molar-refractivity contribution in [2.24, 2.45) is 0 Å². The van der Waals surface area contributed by atoms with Crippen LogP contribution in [0, 0.1) is 42.2 Å². The molecule has 0 nitrogen and oxygen atoms in total. The second-order valence-corrected chi connectivity index (χ2v) is 20.8. The van der Waals surface area contributed by atoms with Crippen molar-refractivity contribution in [2.45, 2.75) is 66.2 Å². The molecular formula is C35H48Si2Ti. The molecule has 0 saturated carbocycles. The third kappa shape index (κ3) is 5.89. The molecule has 0 bridgehead atoms. The zero-order valence-electron chi connectivity index (χ0n) is 25.9. The maximum absolute atomic E-state index is 4.08. The molecule has 38 heavy (non-hydrogen) atoms. The molecule has 2 atom stereocenters. The van der Waals surface area contributed by atoms with Crippen LogP contribution in [0.5, 0.6) is 0 Å². The number of hydrogen-bond acceptors (Lipinski definition) is 0. The molecule has 3 heteroatoms. The Bertz CT molecular complexity index is 1300. The summed E-state index contributed by atoms with van der Waals surface area (Å²) in [6.45, 7) is 21.3. The van der Waals surface area contributed by atoms with Crippen molar-refractivity contribution in [3.8, 4) is 0 Å². The fraction of sp³-hybridized carbons (Fsp3) is 0.286. The average molecular weight is 573 g/mol. The third-order valence-electron chi connectivity index (χ3n) is 8.10. The Morgan fingerprint density at radius 1 is 0.605 bits per heavy atom. The number of allylic oxidation sites excluding steroid dienone is 4. The molecule has 0 aromatic heterocycles. The van der Waals surface area contributed by atoms with Gasteiger partial charge >= 0.3 is 21.7 Å². The molecule has 4 rings (SSSR count). The number of rotatable bonds is 5. The normalized spacial score (nSPS) is 18.2. The zero-order valence-corrected chi connectivity index (χ0v) is 29.5. The molecular weight excluding hydrogens is 524 g/mol. The van der Waals surface area contributed by atoms with Gasteiger partial charge in [0.15, 0.2) is 0 Å². The van der Waals surface area contributed by atoms with Gasteiger partial charge in [0.25, 0.3) is 0 Å². The van der Waals surface area contributed by atoms with E-state index in [2.05, 4.69) is 140 Å². The monoisotopic (exact) mass is 572 g/mol. The minimum Gasteiger partial charge on any atom is -0.358 e. The van der Waals surface area contributed by atoms with Gasteiger partial charge in [0.05, 0.1) is 8.07 Å². The smallest absolute Gasteiger partial charge is 0.358 e. The molecule has 0 amide bonds. The fourth-order valence-corrected chi connectivity index (χ4v) is 13.5. The Labute approximate surface area is 252 Å². The SMILES string of the molecule is CC1=[C-]C(C)([Si](c2ccccc2)(c2cccc(C)c2)c2cc(C)cc([Si](C)(C)C)c2)C(C)=C1C.[CH3-].[CH3-].[CH3-].[Ti+4]. The Hall–Kier alpha value is -1.71. The molecule has 3 aromatic rings. The van der Waals surface area contributed by atoms with Crippen molar-refractivity contribution < 1.29 is 21.7 Å². The predicted octanol–water partition coefficient (Wildman–Crippen LogP) is 7.53. The van der Waals surface area contributed by atoms with Gasteiger partial charge in [-0.25, -0.2) is 5.57 Å². The van der Waals surface area contributed by atoms with Crippen LogP contribution in [0.4, 0.5) is 0 Å². The molecule has 0 spiro atoms. The minimum absolute atomic E-state index is 0. The van der Waals surface area contributed by atoms with E-state index in [4.69, 9.17) is 0 Å². The Morgan fingerprint density at radius 2 is 1.13 bits per heavy atom. The summed E-state index contributed by atoms with van der Waals surface area (Å²) in [5.74, 6) is 0. The summed E-state index contributed by atoms with van der Waals surface area (Å²) in [5.41, 5.74) is 6.87. The maximum atomic E-state index is 4.08. The molecule has 0 heterocycles. The van der Waals surface area contributed by atoms with Gasteiger partial charge in [-0.3, -0.25) is 6.08 Å². The molecule has 0 aliphatic heterocycles. The van der Waals surface area contributed by atoms with Crippen molar-refractivity contribution in [3.63, 3.8) is 0 Å². The van der Waals surface area contributed by atoms with Crippen LogP contribution in [-0.4, -0.2) is 16.1 Å². The maximum Gasteiger partial charge on any atom is 4.00 e.